The molecule has 1 N–H and O–H groups in total. The highest BCUT2D eigenvalue weighted by Crippen LogP contribution is 2.30. The summed E-state index contributed by atoms with van der Waals surface area (Å²) in [6, 6.07) is 12.5. The Morgan fingerprint density at radius 2 is 1.61 bits per heavy atom. The van der Waals surface area contributed by atoms with E-state index in [2.05, 4.69) is 0 Å². The largest absolute Gasteiger partial charge is 0.478 e. The Bertz CT molecular complexity index is 568. The topological polar surface area (TPSA) is 46.5 Å². The summed E-state index contributed by atoms with van der Waals surface area (Å²) in [5.41, 5.74) is 2.13. The average molecular weight is 242 g/mol. The number of hydrogen-bond donors (Lipinski definition) is 1. The lowest BCUT2D eigenvalue weighted by Gasteiger charge is -2.13. The van der Waals surface area contributed by atoms with Crippen LogP contribution >= 0.6 is 0 Å². The Hall–Kier alpha value is -2.29. The Labute approximate surface area is 106 Å². The first kappa shape index (κ1) is 12.2. The van der Waals surface area contributed by atoms with Crippen molar-refractivity contribution in [1.29, 1.82) is 0 Å². The van der Waals surface area contributed by atoms with Gasteiger partial charge >= 0.3 is 5.97 Å². The Morgan fingerprint density at radius 1 is 1.00 bits per heavy atom. The van der Waals surface area contributed by atoms with E-state index < -0.39 is 5.97 Å². The van der Waals surface area contributed by atoms with Crippen molar-refractivity contribution in [2.75, 3.05) is 0 Å². The summed E-state index contributed by atoms with van der Waals surface area (Å²) in [6.45, 7) is 3.87. The second kappa shape index (κ2) is 4.92. The quantitative estimate of drug-likeness (QED) is 0.890. The molecule has 0 bridgehead atoms. The van der Waals surface area contributed by atoms with Gasteiger partial charge in [0.1, 0.15) is 17.1 Å². The molecule has 0 aliphatic carbocycles. The van der Waals surface area contributed by atoms with Crippen LogP contribution in [-0.2, 0) is 0 Å². The first-order valence-electron chi connectivity index (χ1n) is 5.66. The average Bonchev–Trinajstić information content (AvgIpc) is 2.34. The van der Waals surface area contributed by atoms with Gasteiger partial charge < -0.3 is 9.84 Å². The second-order valence-corrected chi connectivity index (χ2v) is 4.12. The number of hydrogen-bond acceptors (Lipinski definition) is 2. The van der Waals surface area contributed by atoms with Crippen LogP contribution in [0.5, 0.6) is 11.5 Å². The van der Waals surface area contributed by atoms with Crippen molar-refractivity contribution in [2.45, 2.75) is 13.8 Å². The lowest BCUT2D eigenvalue weighted by molar-refractivity contribution is 0.0694. The maximum absolute atomic E-state index is 11.1. The van der Waals surface area contributed by atoms with Crippen molar-refractivity contribution < 1.29 is 14.6 Å². The number of ether oxygens (including phenoxy) is 1. The van der Waals surface area contributed by atoms with Crippen LogP contribution in [0.2, 0.25) is 0 Å². The number of para-hydroxylation sites is 2. The van der Waals surface area contributed by atoms with Gasteiger partial charge in [-0.05, 0) is 37.1 Å². The molecule has 0 aromatic heterocycles. The summed E-state index contributed by atoms with van der Waals surface area (Å²) < 4.78 is 5.75. The molecular weight excluding hydrogens is 228 g/mol. The maximum atomic E-state index is 11.1. The van der Waals surface area contributed by atoms with Crippen molar-refractivity contribution in [3.05, 3.63) is 59.2 Å². The smallest absolute Gasteiger partial charge is 0.339 e. The Balaban J connectivity index is 2.43. The predicted molar refractivity (Wildman–Crippen MR) is 69.4 cm³/mol. The number of carbonyl (C=O) groups is 1. The zero-order chi connectivity index (χ0) is 13.1. The molecule has 2 rings (SSSR count). The van der Waals surface area contributed by atoms with Gasteiger partial charge in [-0.15, -0.1) is 0 Å². The normalized spacial score (nSPS) is 10.1. The van der Waals surface area contributed by atoms with E-state index in [1.165, 1.54) is 6.07 Å². The van der Waals surface area contributed by atoms with E-state index in [1.807, 2.05) is 32.0 Å². The minimum atomic E-state index is -0.989. The van der Waals surface area contributed by atoms with E-state index in [0.29, 0.717) is 11.5 Å². The summed E-state index contributed by atoms with van der Waals surface area (Å²) in [7, 11) is 0. The predicted octanol–water partition coefficient (Wildman–Crippen LogP) is 3.79. The van der Waals surface area contributed by atoms with E-state index in [4.69, 9.17) is 9.84 Å². The molecule has 0 fully saturated rings. The molecule has 0 spiro atoms. The van der Waals surface area contributed by atoms with E-state index in [-0.39, 0.29) is 5.56 Å². The minimum absolute atomic E-state index is 0.167. The first-order chi connectivity index (χ1) is 8.59. The van der Waals surface area contributed by atoms with Crippen LogP contribution in [0, 0.1) is 13.8 Å². The number of carboxylic acid groups (broad SMARTS) is 1. The summed E-state index contributed by atoms with van der Waals surface area (Å²) in [5, 5.41) is 9.10. The van der Waals surface area contributed by atoms with Crippen molar-refractivity contribution in [1.82, 2.24) is 0 Å². The molecular formula is C15H14O3. The highest BCUT2D eigenvalue weighted by atomic mass is 16.5. The lowest BCUT2D eigenvalue weighted by atomic mass is 10.1. The second-order valence-electron chi connectivity index (χ2n) is 4.12. The summed E-state index contributed by atoms with van der Waals surface area (Å²) in [4.78, 5) is 11.1. The zero-order valence-electron chi connectivity index (χ0n) is 10.3. The monoisotopic (exact) mass is 242 g/mol. The number of rotatable bonds is 3. The van der Waals surface area contributed by atoms with Gasteiger partial charge in [0.15, 0.2) is 0 Å². The molecule has 0 saturated heterocycles. The molecule has 2 aromatic carbocycles. The molecule has 3 nitrogen and oxygen atoms in total. The van der Waals surface area contributed by atoms with Crippen LogP contribution in [0.1, 0.15) is 21.5 Å². The fourth-order valence-electron chi connectivity index (χ4n) is 1.80. The molecule has 0 unspecified atom stereocenters. The summed E-state index contributed by atoms with van der Waals surface area (Å²) in [5.74, 6) is 0.0884. The zero-order valence-corrected chi connectivity index (χ0v) is 10.3. The number of aromatic carboxylic acids is 1. The molecule has 0 aliphatic heterocycles. The first-order valence-corrected chi connectivity index (χ1v) is 5.66. The SMILES string of the molecule is Cc1cccc(C)c1Oc1ccccc1C(=O)O. The Kier molecular flexibility index (Phi) is 3.33. The van der Waals surface area contributed by atoms with Crippen molar-refractivity contribution >= 4 is 5.97 Å². The van der Waals surface area contributed by atoms with E-state index >= 15 is 0 Å². The fourth-order valence-corrected chi connectivity index (χ4v) is 1.80. The third kappa shape index (κ3) is 2.35. The summed E-state index contributed by atoms with van der Waals surface area (Å²) in [6.07, 6.45) is 0. The van der Waals surface area contributed by atoms with E-state index in [0.717, 1.165) is 11.1 Å². The van der Waals surface area contributed by atoms with Gasteiger partial charge in [-0.2, -0.15) is 0 Å². The fraction of sp³-hybridized carbons (Fsp3) is 0.133. The minimum Gasteiger partial charge on any atom is -0.478 e. The molecule has 2 aromatic rings. The third-order valence-electron chi connectivity index (χ3n) is 2.74. The molecule has 0 radical (unpaired) electrons. The van der Waals surface area contributed by atoms with Gasteiger partial charge in [-0.25, -0.2) is 4.79 Å². The van der Waals surface area contributed by atoms with Crippen LogP contribution < -0.4 is 4.74 Å². The van der Waals surface area contributed by atoms with E-state index in [1.54, 1.807) is 18.2 Å². The Morgan fingerprint density at radius 3 is 2.22 bits per heavy atom. The molecule has 0 heterocycles. The van der Waals surface area contributed by atoms with Crippen LogP contribution in [0.15, 0.2) is 42.5 Å². The molecule has 3 heteroatoms. The van der Waals surface area contributed by atoms with Gasteiger partial charge in [0.2, 0.25) is 0 Å². The van der Waals surface area contributed by atoms with E-state index in [9.17, 15) is 4.79 Å². The van der Waals surface area contributed by atoms with Crippen molar-refractivity contribution in [3.63, 3.8) is 0 Å². The van der Waals surface area contributed by atoms with Crippen LogP contribution in [0.4, 0.5) is 0 Å². The van der Waals surface area contributed by atoms with Gasteiger partial charge in [0.05, 0.1) is 0 Å². The van der Waals surface area contributed by atoms with Crippen LogP contribution in [0.25, 0.3) is 0 Å². The van der Waals surface area contributed by atoms with Crippen molar-refractivity contribution in [2.24, 2.45) is 0 Å². The maximum Gasteiger partial charge on any atom is 0.339 e. The standard InChI is InChI=1S/C15H14O3/c1-10-6-5-7-11(2)14(10)18-13-9-4-3-8-12(13)15(16)17/h3-9H,1-2H3,(H,16,17). The molecule has 92 valence electrons. The van der Waals surface area contributed by atoms with Crippen LogP contribution in [0.3, 0.4) is 0 Å². The highest BCUT2D eigenvalue weighted by molar-refractivity contribution is 5.90. The highest BCUT2D eigenvalue weighted by Gasteiger charge is 2.12. The number of aryl methyl sites for hydroxylation is 2. The lowest BCUT2D eigenvalue weighted by Crippen LogP contribution is -2.00. The third-order valence-corrected chi connectivity index (χ3v) is 2.74. The molecule has 0 atom stereocenters. The summed E-state index contributed by atoms with van der Waals surface area (Å²) >= 11 is 0. The van der Waals surface area contributed by atoms with Gasteiger partial charge in [0, 0.05) is 0 Å². The van der Waals surface area contributed by atoms with Gasteiger partial charge in [-0.3, -0.25) is 0 Å². The molecule has 0 saturated carbocycles. The van der Waals surface area contributed by atoms with Crippen LogP contribution in [-0.4, -0.2) is 11.1 Å². The number of carboxylic acids is 1. The van der Waals surface area contributed by atoms with Gasteiger partial charge in [-0.1, -0.05) is 30.3 Å². The molecule has 0 amide bonds. The van der Waals surface area contributed by atoms with Crippen molar-refractivity contribution in [3.8, 4) is 11.5 Å². The molecule has 18 heavy (non-hydrogen) atoms. The molecule has 0 aliphatic rings. The number of benzene rings is 2. The van der Waals surface area contributed by atoms with Gasteiger partial charge in [0.25, 0.3) is 0 Å².